The standard InChI is InChI=1S/C20H27N3O/c1-22(20(24)12-11-17-7-5-6-8-17)14-19-13-21-23(16-19)15-18-9-3-2-4-10-18/h2-4,9-10,13,16-17H,5-8,11-12,14-15H2,1H3. The van der Waals surface area contributed by atoms with Crippen molar-refractivity contribution >= 4 is 5.91 Å². The second-order valence-electron chi connectivity index (χ2n) is 6.97. The maximum absolute atomic E-state index is 12.3. The van der Waals surface area contributed by atoms with E-state index in [0.717, 1.165) is 24.4 Å². The number of nitrogens with zero attached hydrogens (tertiary/aromatic N) is 3. The maximum atomic E-state index is 12.3. The Morgan fingerprint density at radius 3 is 2.71 bits per heavy atom. The molecule has 4 heteroatoms. The number of hydrogen-bond donors (Lipinski definition) is 0. The van der Waals surface area contributed by atoms with Crippen molar-refractivity contribution in [2.75, 3.05) is 7.05 Å². The molecule has 1 aliphatic carbocycles. The first-order valence-electron chi connectivity index (χ1n) is 9.00. The zero-order valence-corrected chi connectivity index (χ0v) is 14.5. The summed E-state index contributed by atoms with van der Waals surface area (Å²) in [6, 6.07) is 10.3. The monoisotopic (exact) mass is 325 g/mol. The summed E-state index contributed by atoms with van der Waals surface area (Å²) in [5.41, 5.74) is 2.32. The van der Waals surface area contributed by atoms with Gasteiger partial charge in [-0.3, -0.25) is 9.48 Å². The minimum atomic E-state index is 0.248. The van der Waals surface area contributed by atoms with Crippen LogP contribution in [0.1, 0.15) is 49.7 Å². The quantitative estimate of drug-likeness (QED) is 0.775. The highest BCUT2D eigenvalue weighted by atomic mass is 16.2. The van der Waals surface area contributed by atoms with Crippen LogP contribution in [-0.2, 0) is 17.9 Å². The summed E-state index contributed by atoms with van der Waals surface area (Å²) >= 11 is 0. The van der Waals surface area contributed by atoms with Gasteiger partial charge in [-0.15, -0.1) is 0 Å². The number of carbonyl (C=O) groups excluding carboxylic acids is 1. The molecule has 1 heterocycles. The van der Waals surface area contributed by atoms with Crippen molar-refractivity contribution in [3.8, 4) is 0 Å². The van der Waals surface area contributed by atoms with Gasteiger partial charge in [0.2, 0.25) is 5.91 Å². The van der Waals surface area contributed by atoms with E-state index in [1.54, 1.807) is 0 Å². The summed E-state index contributed by atoms with van der Waals surface area (Å²) in [4.78, 5) is 14.1. The van der Waals surface area contributed by atoms with Gasteiger partial charge < -0.3 is 4.90 Å². The lowest BCUT2D eigenvalue weighted by molar-refractivity contribution is -0.130. The van der Waals surface area contributed by atoms with Gasteiger partial charge in [-0.05, 0) is 17.9 Å². The largest absolute Gasteiger partial charge is 0.341 e. The zero-order valence-electron chi connectivity index (χ0n) is 14.5. The Labute approximate surface area is 144 Å². The van der Waals surface area contributed by atoms with E-state index < -0.39 is 0 Å². The minimum Gasteiger partial charge on any atom is -0.341 e. The molecule has 1 aliphatic rings. The molecular weight excluding hydrogens is 298 g/mol. The van der Waals surface area contributed by atoms with Crippen molar-refractivity contribution in [1.29, 1.82) is 0 Å². The molecule has 128 valence electrons. The average molecular weight is 325 g/mol. The summed E-state index contributed by atoms with van der Waals surface area (Å²) < 4.78 is 1.93. The molecule has 24 heavy (non-hydrogen) atoms. The van der Waals surface area contributed by atoms with Crippen LogP contribution >= 0.6 is 0 Å². The minimum absolute atomic E-state index is 0.248. The normalized spacial score (nSPS) is 14.9. The third-order valence-electron chi connectivity index (χ3n) is 4.96. The van der Waals surface area contributed by atoms with E-state index in [-0.39, 0.29) is 5.91 Å². The Morgan fingerprint density at radius 1 is 1.21 bits per heavy atom. The van der Waals surface area contributed by atoms with Crippen LogP contribution in [0.4, 0.5) is 0 Å². The molecule has 0 N–H and O–H groups in total. The van der Waals surface area contributed by atoms with Crippen LogP contribution in [0, 0.1) is 5.92 Å². The van der Waals surface area contributed by atoms with Crippen LogP contribution in [-0.4, -0.2) is 27.6 Å². The van der Waals surface area contributed by atoms with Gasteiger partial charge in [0.15, 0.2) is 0 Å². The van der Waals surface area contributed by atoms with Crippen molar-refractivity contribution in [3.63, 3.8) is 0 Å². The molecule has 1 saturated carbocycles. The predicted octanol–water partition coefficient (Wildman–Crippen LogP) is 3.86. The van der Waals surface area contributed by atoms with Gasteiger partial charge >= 0.3 is 0 Å². The van der Waals surface area contributed by atoms with Crippen LogP contribution < -0.4 is 0 Å². The highest BCUT2D eigenvalue weighted by molar-refractivity contribution is 5.75. The van der Waals surface area contributed by atoms with E-state index in [2.05, 4.69) is 17.2 Å². The van der Waals surface area contributed by atoms with Gasteiger partial charge in [0.1, 0.15) is 0 Å². The van der Waals surface area contributed by atoms with Gasteiger partial charge in [0.05, 0.1) is 12.7 Å². The van der Waals surface area contributed by atoms with E-state index >= 15 is 0 Å². The van der Waals surface area contributed by atoms with Crippen molar-refractivity contribution in [3.05, 3.63) is 53.9 Å². The SMILES string of the molecule is CN(Cc1cnn(Cc2ccccc2)c1)C(=O)CCC1CCCC1. The van der Waals surface area contributed by atoms with Gasteiger partial charge in [0.25, 0.3) is 0 Å². The first-order chi connectivity index (χ1) is 11.7. The maximum Gasteiger partial charge on any atom is 0.222 e. The van der Waals surface area contributed by atoms with Crippen molar-refractivity contribution in [2.45, 2.75) is 51.6 Å². The van der Waals surface area contributed by atoms with Crippen LogP contribution in [0.2, 0.25) is 0 Å². The Balaban J connectivity index is 1.47. The summed E-state index contributed by atoms with van der Waals surface area (Å²) in [5.74, 6) is 1.02. The molecule has 0 radical (unpaired) electrons. The van der Waals surface area contributed by atoms with Crippen LogP contribution in [0.5, 0.6) is 0 Å². The molecule has 1 fully saturated rings. The predicted molar refractivity (Wildman–Crippen MR) is 95.4 cm³/mol. The fourth-order valence-electron chi connectivity index (χ4n) is 3.52. The van der Waals surface area contributed by atoms with Gasteiger partial charge in [-0.25, -0.2) is 0 Å². The summed E-state index contributed by atoms with van der Waals surface area (Å²) in [6.07, 6.45) is 10.9. The van der Waals surface area contributed by atoms with Gasteiger partial charge in [-0.1, -0.05) is 56.0 Å². The van der Waals surface area contributed by atoms with E-state index in [1.807, 2.05) is 47.2 Å². The van der Waals surface area contributed by atoms with E-state index in [1.165, 1.54) is 31.2 Å². The smallest absolute Gasteiger partial charge is 0.222 e. The first kappa shape index (κ1) is 16.7. The lowest BCUT2D eigenvalue weighted by Crippen LogP contribution is -2.26. The fraction of sp³-hybridized carbons (Fsp3) is 0.500. The molecule has 1 amide bonds. The van der Waals surface area contributed by atoms with Crippen molar-refractivity contribution in [2.24, 2.45) is 5.92 Å². The molecule has 4 nitrogen and oxygen atoms in total. The molecule has 0 spiro atoms. The van der Waals surface area contributed by atoms with Crippen molar-refractivity contribution in [1.82, 2.24) is 14.7 Å². The van der Waals surface area contributed by atoms with Gasteiger partial charge in [0, 0.05) is 31.8 Å². The van der Waals surface area contributed by atoms with Crippen LogP contribution in [0.15, 0.2) is 42.7 Å². The summed E-state index contributed by atoms with van der Waals surface area (Å²) in [7, 11) is 1.89. The Morgan fingerprint density at radius 2 is 1.96 bits per heavy atom. The third-order valence-corrected chi connectivity index (χ3v) is 4.96. The number of hydrogen-bond acceptors (Lipinski definition) is 2. The second-order valence-corrected chi connectivity index (χ2v) is 6.97. The molecule has 3 rings (SSSR count). The number of carbonyl (C=O) groups is 1. The fourth-order valence-corrected chi connectivity index (χ4v) is 3.52. The highest BCUT2D eigenvalue weighted by Gasteiger charge is 2.18. The molecule has 0 bridgehead atoms. The van der Waals surface area contributed by atoms with Crippen LogP contribution in [0.25, 0.3) is 0 Å². The second kappa shape index (κ2) is 8.13. The first-order valence-corrected chi connectivity index (χ1v) is 9.00. The highest BCUT2D eigenvalue weighted by Crippen LogP contribution is 2.28. The number of benzene rings is 1. The Bertz CT molecular complexity index is 644. The zero-order chi connectivity index (χ0) is 16.8. The number of amides is 1. The number of aromatic nitrogens is 2. The Kier molecular flexibility index (Phi) is 5.68. The lowest BCUT2D eigenvalue weighted by Gasteiger charge is -2.17. The average Bonchev–Trinajstić information content (AvgIpc) is 3.25. The molecule has 1 aromatic carbocycles. The Hall–Kier alpha value is -2.10. The van der Waals surface area contributed by atoms with Crippen LogP contribution in [0.3, 0.4) is 0 Å². The topological polar surface area (TPSA) is 38.1 Å². The van der Waals surface area contributed by atoms with E-state index in [9.17, 15) is 4.79 Å². The van der Waals surface area contributed by atoms with Crippen molar-refractivity contribution < 1.29 is 4.79 Å². The van der Waals surface area contributed by atoms with E-state index in [0.29, 0.717) is 13.0 Å². The number of rotatable bonds is 7. The molecule has 0 atom stereocenters. The molecule has 2 aromatic rings. The molecule has 0 aliphatic heterocycles. The van der Waals surface area contributed by atoms with E-state index in [4.69, 9.17) is 0 Å². The van der Waals surface area contributed by atoms with Gasteiger partial charge in [-0.2, -0.15) is 5.10 Å². The summed E-state index contributed by atoms with van der Waals surface area (Å²) in [6.45, 7) is 1.40. The molecule has 1 aromatic heterocycles. The summed E-state index contributed by atoms with van der Waals surface area (Å²) in [5, 5.41) is 4.41. The lowest BCUT2D eigenvalue weighted by atomic mass is 10.0. The molecule has 0 unspecified atom stereocenters. The molecular formula is C20H27N3O. The third kappa shape index (κ3) is 4.70. The molecule has 0 saturated heterocycles.